The van der Waals surface area contributed by atoms with E-state index in [1.165, 1.54) is 6.92 Å². The highest BCUT2D eigenvalue weighted by Gasteiger charge is 2.05. The van der Waals surface area contributed by atoms with Crippen LogP contribution >= 0.6 is 0 Å². The summed E-state index contributed by atoms with van der Waals surface area (Å²) in [4.78, 5) is 33.5. The first-order chi connectivity index (χ1) is 9.09. The normalized spacial score (nSPS) is 9.95. The zero-order valence-corrected chi connectivity index (χ0v) is 10.9. The molecule has 5 heteroatoms. The van der Waals surface area contributed by atoms with Gasteiger partial charge in [0.1, 0.15) is 5.78 Å². The van der Waals surface area contributed by atoms with Gasteiger partial charge in [-0.15, -0.1) is 0 Å². The Morgan fingerprint density at radius 2 is 1.74 bits per heavy atom. The predicted octanol–water partition coefficient (Wildman–Crippen LogP) is 0.554. The molecule has 0 heterocycles. The Morgan fingerprint density at radius 1 is 1.05 bits per heavy atom. The highest BCUT2D eigenvalue weighted by molar-refractivity contribution is 5.97. The summed E-state index contributed by atoms with van der Waals surface area (Å²) in [6.07, 6.45) is -0.0943. The molecule has 2 N–H and O–H groups in total. The van der Waals surface area contributed by atoms with E-state index in [1.807, 2.05) is 18.2 Å². The van der Waals surface area contributed by atoms with Gasteiger partial charge in [-0.25, -0.2) is 0 Å². The molecule has 0 bridgehead atoms. The van der Waals surface area contributed by atoms with Crippen molar-refractivity contribution in [2.45, 2.75) is 13.3 Å². The summed E-state index contributed by atoms with van der Waals surface area (Å²) in [6.45, 7) is 2.49. The number of carbonyl (C=O) groups excluding carboxylic acids is 3. The second kappa shape index (κ2) is 8.16. The molecule has 19 heavy (non-hydrogen) atoms. The van der Waals surface area contributed by atoms with E-state index < -0.39 is 0 Å². The number of carbonyl (C=O) groups is 3. The molecule has 0 aromatic heterocycles. The summed E-state index contributed by atoms with van der Waals surface area (Å²) >= 11 is 0. The Labute approximate surface area is 112 Å². The molecular formula is C14H18N2O3. The summed E-state index contributed by atoms with van der Waals surface area (Å²) in [5.41, 5.74) is 0.663. The van der Waals surface area contributed by atoms with Crippen LogP contribution in [0.25, 0.3) is 0 Å². The largest absolute Gasteiger partial charge is 0.354 e. The van der Waals surface area contributed by atoms with Crippen LogP contribution < -0.4 is 10.6 Å². The van der Waals surface area contributed by atoms with E-state index in [9.17, 15) is 14.4 Å². The second-order valence-corrected chi connectivity index (χ2v) is 4.19. The molecule has 1 amide bonds. The maximum Gasteiger partial charge on any atom is 0.227 e. The molecule has 1 aromatic rings. The Morgan fingerprint density at radius 3 is 2.37 bits per heavy atom. The Hall–Kier alpha value is -2.01. The van der Waals surface area contributed by atoms with Crippen molar-refractivity contribution in [3.05, 3.63) is 35.9 Å². The van der Waals surface area contributed by atoms with E-state index in [4.69, 9.17) is 0 Å². The first-order valence-electron chi connectivity index (χ1n) is 6.14. The van der Waals surface area contributed by atoms with Crippen LogP contribution in [0.5, 0.6) is 0 Å². The molecule has 0 unspecified atom stereocenters. The quantitative estimate of drug-likeness (QED) is 0.408. The number of benzene rings is 1. The molecule has 0 aliphatic heterocycles. The maximum absolute atomic E-state index is 11.7. The molecule has 0 fully saturated rings. The molecule has 0 radical (unpaired) electrons. The van der Waals surface area contributed by atoms with Gasteiger partial charge in [0.15, 0.2) is 5.78 Å². The van der Waals surface area contributed by atoms with E-state index >= 15 is 0 Å². The number of nitrogens with one attached hydrogen (secondary N) is 2. The minimum Gasteiger partial charge on any atom is -0.354 e. The predicted molar refractivity (Wildman–Crippen MR) is 71.9 cm³/mol. The Balaban J connectivity index is 2.13. The number of Topliss-reactive ketones (excluding diaryl/α,β-unsaturated/α-hetero) is 2. The molecule has 102 valence electrons. The molecular weight excluding hydrogens is 244 g/mol. The molecule has 0 atom stereocenters. The third-order valence-electron chi connectivity index (χ3n) is 2.41. The van der Waals surface area contributed by atoms with Crippen LogP contribution in [0.2, 0.25) is 0 Å². The number of amides is 1. The minimum absolute atomic E-state index is 0.00987. The maximum atomic E-state index is 11.7. The zero-order valence-electron chi connectivity index (χ0n) is 10.9. The summed E-state index contributed by atoms with van der Waals surface area (Å²) in [7, 11) is 0. The monoisotopic (exact) mass is 262 g/mol. The average Bonchev–Trinajstić information content (AvgIpc) is 2.38. The van der Waals surface area contributed by atoms with Crippen LogP contribution in [0.3, 0.4) is 0 Å². The molecule has 1 aromatic carbocycles. The number of ketones is 2. The van der Waals surface area contributed by atoms with E-state index in [-0.39, 0.29) is 30.4 Å². The van der Waals surface area contributed by atoms with Crippen molar-refractivity contribution in [1.29, 1.82) is 0 Å². The standard InChI is InChI=1S/C14H18N2O3/c1-11(17)9-14(19)16-8-7-15-10-13(18)12-5-3-2-4-6-12/h2-6,15H,7-10H2,1H3,(H,16,19). The second-order valence-electron chi connectivity index (χ2n) is 4.19. The topological polar surface area (TPSA) is 75.3 Å². The smallest absolute Gasteiger partial charge is 0.227 e. The van der Waals surface area contributed by atoms with Crippen LogP contribution in [0.15, 0.2) is 30.3 Å². The van der Waals surface area contributed by atoms with Gasteiger partial charge in [-0.05, 0) is 6.92 Å². The van der Waals surface area contributed by atoms with Gasteiger partial charge in [0, 0.05) is 18.7 Å². The van der Waals surface area contributed by atoms with E-state index in [0.29, 0.717) is 18.7 Å². The van der Waals surface area contributed by atoms with Crippen LogP contribution in [-0.4, -0.2) is 37.1 Å². The van der Waals surface area contributed by atoms with Crippen LogP contribution in [0.1, 0.15) is 23.7 Å². The molecule has 5 nitrogen and oxygen atoms in total. The van der Waals surface area contributed by atoms with Gasteiger partial charge in [0.25, 0.3) is 0 Å². The fraction of sp³-hybridized carbons (Fsp3) is 0.357. The van der Waals surface area contributed by atoms with E-state index in [2.05, 4.69) is 10.6 Å². The molecule has 0 spiro atoms. The van der Waals surface area contributed by atoms with Crippen molar-refractivity contribution in [3.63, 3.8) is 0 Å². The van der Waals surface area contributed by atoms with Gasteiger partial charge < -0.3 is 10.6 Å². The highest BCUT2D eigenvalue weighted by atomic mass is 16.2. The van der Waals surface area contributed by atoms with Crippen molar-refractivity contribution in [1.82, 2.24) is 10.6 Å². The van der Waals surface area contributed by atoms with Crippen LogP contribution in [0, 0.1) is 0 Å². The average molecular weight is 262 g/mol. The van der Waals surface area contributed by atoms with Crippen molar-refractivity contribution < 1.29 is 14.4 Å². The van der Waals surface area contributed by atoms with Gasteiger partial charge in [-0.3, -0.25) is 14.4 Å². The Kier molecular flexibility index (Phi) is 6.46. The molecule has 0 saturated carbocycles. The molecule has 0 saturated heterocycles. The number of hydrogen-bond donors (Lipinski definition) is 2. The fourth-order valence-corrected chi connectivity index (χ4v) is 1.51. The van der Waals surface area contributed by atoms with E-state index in [1.54, 1.807) is 12.1 Å². The SMILES string of the molecule is CC(=O)CC(=O)NCCNCC(=O)c1ccccc1. The molecule has 0 aliphatic rings. The van der Waals surface area contributed by atoms with E-state index in [0.717, 1.165) is 0 Å². The lowest BCUT2D eigenvalue weighted by Crippen LogP contribution is -2.34. The lowest BCUT2D eigenvalue weighted by atomic mass is 10.1. The van der Waals surface area contributed by atoms with Crippen molar-refractivity contribution in [2.24, 2.45) is 0 Å². The van der Waals surface area contributed by atoms with Crippen molar-refractivity contribution in [2.75, 3.05) is 19.6 Å². The summed E-state index contributed by atoms with van der Waals surface area (Å²) < 4.78 is 0. The van der Waals surface area contributed by atoms with Gasteiger partial charge in [-0.2, -0.15) is 0 Å². The first kappa shape index (κ1) is 15.0. The van der Waals surface area contributed by atoms with Crippen LogP contribution in [-0.2, 0) is 9.59 Å². The number of rotatable bonds is 8. The van der Waals surface area contributed by atoms with Crippen molar-refractivity contribution in [3.8, 4) is 0 Å². The van der Waals surface area contributed by atoms with Gasteiger partial charge >= 0.3 is 0 Å². The minimum atomic E-state index is -0.288. The molecule has 0 aliphatic carbocycles. The van der Waals surface area contributed by atoms with Crippen molar-refractivity contribution >= 4 is 17.5 Å². The fourth-order valence-electron chi connectivity index (χ4n) is 1.51. The lowest BCUT2D eigenvalue weighted by Gasteiger charge is -2.05. The zero-order chi connectivity index (χ0) is 14.1. The number of hydrogen-bond acceptors (Lipinski definition) is 4. The first-order valence-corrected chi connectivity index (χ1v) is 6.14. The Bertz CT molecular complexity index is 443. The van der Waals surface area contributed by atoms with Gasteiger partial charge in [-0.1, -0.05) is 30.3 Å². The third kappa shape index (κ3) is 6.47. The lowest BCUT2D eigenvalue weighted by molar-refractivity contribution is -0.127. The summed E-state index contributed by atoms with van der Waals surface area (Å²) in [5.74, 6) is -0.441. The van der Waals surface area contributed by atoms with Crippen LogP contribution in [0.4, 0.5) is 0 Å². The van der Waals surface area contributed by atoms with Gasteiger partial charge in [0.05, 0.1) is 13.0 Å². The van der Waals surface area contributed by atoms with Gasteiger partial charge in [0.2, 0.25) is 5.91 Å². The summed E-state index contributed by atoms with van der Waals surface area (Å²) in [6, 6.07) is 9.01. The third-order valence-corrected chi connectivity index (χ3v) is 2.41. The molecule has 1 rings (SSSR count). The highest BCUT2D eigenvalue weighted by Crippen LogP contribution is 1.98. The summed E-state index contributed by atoms with van der Waals surface area (Å²) in [5, 5.41) is 5.54.